The van der Waals surface area contributed by atoms with Gasteiger partial charge in [0.05, 0.1) is 22.5 Å². The molecule has 0 bridgehead atoms. The van der Waals surface area contributed by atoms with Crippen LogP contribution in [0.2, 0.25) is 0 Å². The predicted molar refractivity (Wildman–Crippen MR) is 102 cm³/mol. The molecule has 2 heterocycles. The molecular formula is C20H14N2O2S. The highest BCUT2D eigenvalue weighted by Crippen LogP contribution is 2.37. The van der Waals surface area contributed by atoms with Crippen LogP contribution >= 0.6 is 11.8 Å². The van der Waals surface area contributed by atoms with Gasteiger partial charge in [0.25, 0.3) is 5.91 Å². The van der Waals surface area contributed by atoms with Crippen LogP contribution < -0.4 is 4.90 Å². The molecule has 4 nitrogen and oxygen atoms in total. The summed E-state index contributed by atoms with van der Waals surface area (Å²) < 4.78 is 5.34. The number of furan rings is 1. The van der Waals surface area contributed by atoms with Gasteiger partial charge in [-0.25, -0.2) is 4.99 Å². The third-order valence-electron chi connectivity index (χ3n) is 3.62. The Balaban J connectivity index is 1.77. The molecule has 1 saturated heterocycles. The Kier molecular flexibility index (Phi) is 4.23. The lowest BCUT2D eigenvalue weighted by atomic mass is 10.3. The molecule has 0 unspecified atom stereocenters. The van der Waals surface area contributed by atoms with Crippen LogP contribution in [0.3, 0.4) is 0 Å². The standard InChI is InChI=1S/C20H14N2O2S/c23-19-18(14-17-12-7-13-24-17)25-20(21-15-8-3-1-4-9-15)22(19)16-10-5-2-6-11-16/h1-14H/b18-14+,21-20?. The fourth-order valence-electron chi connectivity index (χ4n) is 2.47. The molecule has 1 amide bonds. The molecule has 1 aromatic heterocycles. The van der Waals surface area contributed by atoms with Gasteiger partial charge in [-0.05, 0) is 48.2 Å². The van der Waals surface area contributed by atoms with E-state index in [4.69, 9.17) is 4.42 Å². The van der Waals surface area contributed by atoms with Crippen molar-refractivity contribution in [1.29, 1.82) is 0 Å². The maximum Gasteiger partial charge on any atom is 0.271 e. The monoisotopic (exact) mass is 346 g/mol. The van der Waals surface area contributed by atoms with Crippen LogP contribution in [0, 0.1) is 0 Å². The number of carbonyl (C=O) groups excluding carboxylic acids is 1. The van der Waals surface area contributed by atoms with Gasteiger partial charge in [0.2, 0.25) is 0 Å². The second-order valence-electron chi connectivity index (χ2n) is 5.33. The number of hydrogen-bond acceptors (Lipinski definition) is 4. The number of para-hydroxylation sites is 2. The average molecular weight is 346 g/mol. The van der Waals surface area contributed by atoms with Crippen molar-refractivity contribution in [2.75, 3.05) is 4.90 Å². The number of aliphatic imine (C=N–C) groups is 1. The third kappa shape index (κ3) is 3.27. The highest BCUT2D eigenvalue weighted by molar-refractivity contribution is 8.19. The van der Waals surface area contributed by atoms with Gasteiger partial charge in [0, 0.05) is 6.08 Å². The van der Waals surface area contributed by atoms with Crippen LogP contribution in [-0.2, 0) is 4.79 Å². The first-order valence-corrected chi connectivity index (χ1v) is 8.59. The maximum atomic E-state index is 12.9. The van der Waals surface area contributed by atoms with Gasteiger partial charge >= 0.3 is 0 Å². The molecule has 1 aliphatic heterocycles. The summed E-state index contributed by atoms with van der Waals surface area (Å²) in [7, 11) is 0. The van der Waals surface area contributed by atoms with Gasteiger partial charge in [-0.2, -0.15) is 0 Å². The Morgan fingerprint density at radius 3 is 2.32 bits per heavy atom. The van der Waals surface area contributed by atoms with Gasteiger partial charge < -0.3 is 4.42 Å². The summed E-state index contributed by atoms with van der Waals surface area (Å²) in [6.45, 7) is 0. The normalized spacial score (nSPS) is 17.6. The molecule has 122 valence electrons. The molecule has 0 aliphatic carbocycles. The average Bonchev–Trinajstić information content (AvgIpc) is 3.26. The first kappa shape index (κ1) is 15.5. The van der Waals surface area contributed by atoms with E-state index in [1.807, 2.05) is 66.7 Å². The van der Waals surface area contributed by atoms with E-state index in [9.17, 15) is 4.79 Å². The summed E-state index contributed by atoms with van der Waals surface area (Å²) in [5.41, 5.74) is 1.59. The van der Waals surface area contributed by atoms with Crippen LogP contribution in [0.25, 0.3) is 6.08 Å². The Hall–Kier alpha value is -3.05. The van der Waals surface area contributed by atoms with Crippen LogP contribution in [-0.4, -0.2) is 11.1 Å². The smallest absolute Gasteiger partial charge is 0.271 e. The topological polar surface area (TPSA) is 45.8 Å². The second kappa shape index (κ2) is 6.83. The zero-order chi connectivity index (χ0) is 17.1. The van der Waals surface area contributed by atoms with E-state index in [1.54, 1.807) is 23.3 Å². The zero-order valence-electron chi connectivity index (χ0n) is 13.2. The number of amides is 1. The minimum Gasteiger partial charge on any atom is -0.465 e. The van der Waals surface area contributed by atoms with Crippen molar-refractivity contribution in [3.8, 4) is 0 Å². The van der Waals surface area contributed by atoms with E-state index in [1.165, 1.54) is 11.8 Å². The van der Waals surface area contributed by atoms with Crippen molar-refractivity contribution in [3.05, 3.63) is 89.7 Å². The molecule has 5 heteroatoms. The Morgan fingerprint density at radius 1 is 0.920 bits per heavy atom. The molecule has 1 fully saturated rings. The number of thioether (sulfide) groups is 1. The molecule has 3 aromatic rings. The lowest BCUT2D eigenvalue weighted by molar-refractivity contribution is -0.113. The number of anilines is 1. The molecule has 2 aromatic carbocycles. The Morgan fingerprint density at radius 2 is 1.64 bits per heavy atom. The number of benzene rings is 2. The molecule has 25 heavy (non-hydrogen) atoms. The van der Waals surface area contributed by atoms with Crippen molar-refractivity contribution >= 4 is 40.3 Å². The van der Waals surface area contributed by atoms with E-state index in [-0.39, 0.29) is 5.91 Å². The summed E-state index contributed by atoms with van der Waals surface area (Å²) in [6.07, 6.45) is 3.33. The molecule has 0 radical (unpaired) electrons. The SMILES string of the molecule is O=C1/C(=C\c2ccco2)SC(=Nc2ccccc2)N1c1ccccc1. The van der Waals surface area contributed by atoms with Crippen molar-refractivity contribution < 1.29 is 9.21 Å². The maximum absolute atomic E-state index is 12.9. The van der Waals surface area contributed by atoms with Crippen LogP contribution in [0.15, 0.2) is 93.4 Å². The summed E-state index contributed by atoms with van der Waals surface area (Å²) in [5, 5.41) is 0.625. The van der Waals surface area contributed by atoms with E-state index >= 15 is 0 Å². The largest absolute Gasteiger partial charge is 0.465 e. The van der Waals surface area contributed by atoms with E-state index in [2.05, 4.69) is 4.99 Å². The third-order valence-corrected chi connectivity index (χ3v) is 4.59. The highest BCUT2D eigenvalue weighted by atomic mass is 32.2. The van der Waals surface area contributed by atoms with Crippen molar-refractivity contribution in [1.82, 2.24) is 0 Å². The minimum atomic E-state index is -0.109. The van der Waals surface area contributed by atoms with Crippen molar-refractivity contribution in [3.63, 3.8) is 0 Å². The predicted octanol–water partition coefficient (Wildman–Crippen LogP) is 5.09. The van der Waals surface area contributed by atoms with Crippen molar-refractivity contribution in [2.24, 2.45) is 4.99 Å². The molecule has 0 spiro atoms. The fourth-order valence-corrected chi connectivity index (χ4v) is 3.45. The van der Waals surface area contributed by atoms with Gasteiger partial charge in [0.1, 0.15) is 5.76 Å². The number of rotatable bonds is 3. The van der Waals surface area contributed by atoms with E-state index < -0.39 is 0 Å². The first-order valence-electron chi connectivity index (χ1n) is 7.77. The molecule has 1 aliphatic rings. The fraction of sp³-hybridized carbons (Fsp3) is 0. The lowest BCUT2D eigenvalue weighted by Crippen LogP contribution is -2.28. The molecule has 4 rings (SSSR count). The number of nitrogens with zero attached hydrogens (tertiary/aromatic N) is 2. The van der Waals surface area contributed by atoms with E-state index in [0.717, 1.165) is 11.4 Å². The van der Waals surface area contributed by atoms with Gasteiger partial charge in [-0.1, -0.05) is 36.4 Å². The summed E-state index contributed by atoms with van der Waals surface area (Å²) in [5.74, 6) is 0.534. The number of amidine groups is 1. The van der Waals surface area contributed by atoms with Gasteiger partial charge in [-0.3, -0.25) is 9.69 Å². The summed E-state index contributed by atoms with van der Waals surface area (Å²) in [6, 6.07) is 22.8. The second-order valence-corrected chi connectivity index (χ2v) is 6.34. The Bertz CT molecular complexity index is 932. The zero-order valence-corrected chi connectivity index (χ0v) is 14.0. The number of hydrogen-bond donors (Lipinski definition) is 0. The first-order chi connectivity index (χ1) is 12.3. The van der Waals surface area contributed by atoms with Crippen LogP contribution in [0.1, 0.15) is 5.76 Å². The minimum absolute atomic E-state index is 0.109. The van der Waals surface area contributed by atoms with Gasteiger partial charge in [-0.15, -0.1) is 0 Å². The molecule has 0 N–H and O–H groups in total. The molecule has 0 atom stereocenters. The Labute approximate surface area is 149 Å². The molecule has 0 saturated carbocycles. The molecular weight excluding hydrogens is 332 g/mol. The van der Waals surface area contributed by atoms with Crippen molar-refractivity contribution in [2.45, 2.75) is 0 Å². The van der Waals surface area contributed by atoms with Crippen LogP contribution in [0.5, 0.6) is 0 Å². The number of carbonyl (C=O) groups is 1. The van der Waals surface area contributed by atoms with Gasteiger partial charge in [0.15, 0.2) is 5.17 Å². The summed E-state index contributed by atoms with van der Waals surface area (Å²) >= 11 is 1.34. The summed E-state index contributed by atoms with van der Waals surface area (Å²) in [4.78, 5) is 19.8. The lowest BCUT2D eigenvalue weighted by Gasteiger charge is -2.15. The van der Waals surface area contributed by atoms with E-state index in [0.29, 0.717) is 15.8 Å². The van der Waals surface area contributed by atoms with Crippen LogP contribution in [0.4, 0.5) is 11.4 Å². The quantitative estimate of drug-likeness (QED) is 0.621. The highest BCUT2D eigenvalue weighted by Gasteiger charge is 2.34.